The molecule has 1 aromatic heterocycles. The van der Waals surface area contributed by atoms with Gasteiger partial charge in [0, 0.05) is 6.54 Å². The molecule has 0 aliphatic carbocycles. The number of thioether (sulfide) groups is 1. The number of rotatable bonds is 6. The first kappa shape index (κ1) is 13.0. The molecule has 0 bridgehead atoms. The van der Waals surface area contributed by atoms with Crippen molar-refractivity contribution < 1.29 is 9.18 Å². The van der Waals surface area contributed by atoms with Crippen LogP contribution in [0.25, 0.3) is 0 Å². The molecule has 0 aromatic carbocycles. The minimum absolute atomic E-state index is 0.130. The molecule has 0 fully saturated rings. The Balaban J connectivity index is 2.30. The van der Waals surface area contributed by atoms with Crippen molar-refractivity contribution in [2.75, 3.05) is 18.6 Å². The number of carbonyl (C=O) groups excluding carboxylic acids is 1. The molecule has 0 radical (unpaired) electrons. The number of hydrogen-bond donors (Lipinski definition) is 1. The molecule has 1 rings (SSSR count). The van der Waals surface area contributed by atoms with Crippen molar-refractivity contribution in [2.24, 2.45) is 0 Å². The molecule has 88 valence electrons. The smallest absolute Gasteiger partial charge is 0.269 e. The van der Waals surface area contributed by atoms with Gasteiger partial charge >= 0.3 is 0 Å². The van der Waals surface area contributed by atoms with Crippen LogP contribution in [0.3, 0.4) is 0 Å². The average molecular weight is 242 g/mol. The van der Waals surface area contributed by atoms with E-state index < -0.39 is 5.95 Å². The first-order chi connectivity index (χ1) is 7.74. The van der Waals surface area contributed by atoms with Crippen molar-refractivity contribution >= 4 is 17.7 Å². The van der Waals surface area contributed by atoms with Gasteiger partial charge in [-0.25, -0.2) is 4.98 Å². The van der Waals surface area contributed by atoms with E-state index in [4.69, 9.17) is 0 Å². The normalized spacial score (nSPS) is 10.1. The van der Waals surface area contributed by atoms with E-state index >= 15 is 0 Å². The van der Waals surface area contributed by atoms with Gasteiger partial charge in [0.1, 0.15) is 5.69 Å². The van der Waals surface area contributed by atoms with Crippen molar-refractivity contribution in [1.29, 1.82) is 0 Å². The zero-order chi connectivity index (χ0) is 11.8. The Labute approximate surface area is 98.8 Å². The lowest BCUT2D eigenvalue weighted by Crippen LogP contribution is -2.25. The van der Waals surface area contributed by atoms with Crippen molar-refractivity contribution in [3.8, 4) is 0 Å². The van der Waals surface area contributed by atoms with Crippen LogP contribution in [-0.2, 0) is 0 Å². The van der Waals surface area contributed by atoms with E-state index in [9.17, 15) is 9.18 Å². The van der Waals surface area contributed by atoms with E-state index in [0.29, 0.717) is 6.54 Å². The number of pyridine rings is 1. The lowest BCUT2D eigenvalue weighted by molar-refractivity contribution is 0.0947. The molecule has 0 saturated heterocycles. The van der Waals surface area contributed by atoms with Gasteiger partial charge in [-0.05, 0) is 37.0 Å². The summed E-state index contributed by atoms with van der Waals surface area (Å²) in [6.07, 6.45) is 4.05. The Kier molecular flexibility index (Phi) is 5.85. The Hall–Kier alpha value is -1.10. The van der Waals surface area contributed by atoms with E-state index in [1.807, 2.05) is 0 Å². The fourth-order valence-corrected chi connectivity index (χ4v) is 1.69. The minimum atomic E-state index is -0.630. The van der Waals surface area contributed by atoms with Gasteiger partial charge in [0.2, 0.25) is 5.95 Å². The molecule has 0 spiro atoms. The number of amides is 1. The monoisotopic (exact) mass is 242 g/mol. The van der Waals surface area contributed by atoms with Crippen LogP contribution in [0.2, 0.25) is 0 Å². The maximum absolute atomic E-state index is 12.7. The van der Waals surface area contributed by atoms with Crippen LogP contribution in [0.4, 0.5) is 4.39 Å². The van der Waals surface area contributed by atoms with Crippen LogP contribution in [0.5, 0.6) is 0 Å². The van der Waals surface area contributed by atoms with Gasteiger partial charge in [-0.3, -0.25) is 4.79 Å². The summed E-state index contributed by atoms with van der Waals surface area (Å²) in [4.78, 5) is 15.0. The van der Waals surface area contributed by atoms with Crippen molar-refractivity contribution in [1.82, 2.24) is 10.3 Å². The van der Waals surface area contributed by atoms with E-state index in [2.05, 4.69) is 16.6 Å². The highest BCUT2D eigenvalue weighted by atomic mass is 32.2. The summed E-state index contributed by atoms with van der Waals surface area (Å²) < 4.78 is 12.7. The third kappa shape index (κ3) is 4.61. The van der Waals surface area contributed by atoms with Gasteiger partial charge < -0.3 is 5.32 Å². The highest BCUT2D eigenvalue weighted by molar-refractivity contribution is 7.98. The standard InChI is InChI=1S/C11H15FN2OS/c1-16-8-3-2-7-13-11(15)9-5-4-6-10(12)14-9/h4-6H,2-3,7-8H2,1H3,(H,13,15). The van der Waals surface area contributed by atoms with Gasteiger partial charge in [0.15, 0.2) is 0 Å². The Bertz CT molecular complexity index is 347. The van der Waals surface area contributed by atoms with Gasteiger partial charge in [0.25, 0.3) is 5.91 Å². The summed E-state index contributed by atoms with van der Waals surface area (Å²) in [7, 11) is 0. The second-order valence-electron chi connectivity index (χ2n) is 3.30. The summed E-state index contributed by atoms with van der Waals surface area (Å²) in [5, 5.41) is 2.71. The first-order valence-corrected chi connectivity index (χ1v) is 6.53. The second kappa shape index (κ2) is 7.22. The Morgan fingerprint density at radius 1 is 1.50 bits per heavy atom. The summed E-state index contributed by atoms with van der Waals surface area (Å²) in [5.41, 5.74) is 0.130. The number of unbranched alkanes of at least 4 members (excludes halogenated alkanes) is 1. The molecule has 0 unspecified atom stereocenters. The maximum Gasteiger partial charge on any atom is 0.269 e. The molecular weight excluding hydrogens is 227 g/mol. The highest BCUT2D eigenvalue weighted by Gasteiger charge is 2.06. The third-order valence-corrected chi connectivity index (χ3v) is 2.71. The molecule has 1 heterocycles. The first-order valence-electron chi connectivity index (χ1n) is 5.13. The maximum atomic E-state index is 12.7. The van der Waals surface area contributed by atoms with Crippen LogP contribution in [0, 0.1) is 5.95 Å². The van der Waals surface area contributed by atoms with Crippen LogP contribution in [0.15, 0.2) is 18.2 Å². The fraction of sp³-hybridized carbons (Fsp3) is 0.455. The molecule has 0 aliphatic heterocycles. The van der Waals surface area contributed by atoms with E-state index in [1.165, 1.54) is 18.2 Å². The molecule has 1 N–H and O–H groups in total. The quantitative estimate of drug-likeness (QED) is 0.613. The zero-order valence-electron chi connectivity index (χ0n) is 9.20. The van der Waals surface area contributed by atoms with E-state index in [0.717, 1.165) is 18.6 Å². The van der Waals surface area contributed by atoms with Crippen LogP contribution < -0.4 is 5.32 Å². The van der Waals surface area contributed by atoms with Crippen molar-refractivity contribution in [3.63, 3.8) is 0 Å². The average Bonchev–Trinajstić information content (AvgIpc) is 2.28. The molecule has 1 aromatic rings. The van der Waals surface area contributed by atoms with Crippen LogP contribution in [-0.4, -0.2) is 29.4 Å². The summed E-state index contributed by atoms with van der Waals surface area (Å²) in [5.74, 6) is 0.146. The Morgan fingerprint density at radius 3 is 3.00 bits per heavy atom. The molecule has 3 nitrogen and oxygen atoms in total. The lowest BCUT2D eigenvalue weighted by Gasteiger charge is -2.03. The van der Waals surface area contributed by atoms with E-state index in [1.54, 1.807) is 11.8 Å². The van der Waals surface area contributed by atoms with Crippen molar-refractivity contribution in [2.45, 2.75) is 12.8 Å². The summed E-state index contributed by atoms with van der Waals surface area (Å²) in [6.45, 7) is 0.609. The number of hydrogen-bond acceptors (Lipinski definition) is 3. The number of aromatic nitrogens is 1. The Morgan fingerprint density at radius 2 is 2.31 bits per heavy atom. The van der Waals surface area contributed by atoms with Gasteiger partial charge in [-0.15, -0.1) is 0 Å². The van der Waals surface area contributed by atoms with E-state index in [-0.39, 0.29) is 11.6 Å². The number of halogens is 1. The molecule has 0 atom stereocenters. The summed E-state index contributed by atoms with van der Waals surface area (Å²) >= 11 is 1.78. The zero-order valence-corrected chi connectivity index (χ0v) is 10.0. The second-order valence-corrected chi connectivity index (χ2v) is 4.29. The third-order valence-electron chi connectivity index (χ3n) is 2.01. The highest BCUT2D eigenvalue weighted by Crippen LogP contribution is 2.00. The number of nitrogens with one attached hydrogen (secondary N) is 1. The molecule has 16 heavy (non-hydrogen) atoms. The predicted molar refractivity (Wildman–Crippen MR) is 64.1 cm³/mol. The van der Waals surface area contributed by atoms with Crippen LogP contribution in [0.1, 0.15) is 23.3 Å². The fourth-order valence-electron chi connectivity index (χ4n) is 1.20. The van der Waals surface area contributed by atoms with Gasteiger partial charge in [0.05, 0.1) is 0 Å². The molecule has 1 amide bonds. The minimum Gasteiger partial charge on any atom is -0.351 e. The SMILES string of the molecule is CSCCCCNC(=O)c1cccc(F)n1. The molecular formula is C11H15FN2OS. The molecule has 5 heteroatoms. The number of carbonyl (C=O) groups is 1. The summed E-state index contributed by atoms with van der Waals surface area (Å²) in [6, 6.07) is 4.19. The van der Waals surface area contributed by atoms with Crippen LogP contribution >= 0.6 is 11.8 Å². The van der Waals surface area contributed by atoms with Gasteiger partial charge in [-0.2, -0.15) is 16.2 Å². The predicted octanol–water partition coefficient (Wildman–Crippen LogP) is 2.09. The molecule has 0 aliphatic rings. The molecule has 0 saturated carbocycles. The van der Waals surface area contributed by atoms with Crippen molar-refractivity contribution in [3.05, 3.63) is 29.8 Å². The lowest BCUT2D eigenvalue weighted by atomic mass is 10.3. The topological polar surface area (TPSA) is 42.0 Å². The number of nitrogens with zero attached hydrogens (tertiary/aromatic N) is 1. The van der Waals surface area contributed by atoms with Gasteiger partial charge in [-0.1, -0.05) is 6.07 Å². The largest absolute Gasteiger partial charge is 0.351 e.